The number of urea groups is 1. The van der Waals surface area contributed by atoms with E-state index < -0.39 is 23.9 Å². The number of thiophene rings is 1. The van der Waals surface area contributed by atoms with E-state index in [2.05, 4.69) is 21.2 Å². The molecule has 2 heterocycles. The van der Waals surface area contributed by atoms with Crippen molar-refractivity contribution in [3.05, 3.63) is 57.4 Å². The molecule has 2 aromatic rings. The normalized spacial score (nSPS) is 15.6. The Morgan fingerprint density at radius 1 is 1.27 bits per heavy atom. The third kappa shape index (κ3) is 6.10. The third-order valence-electron chi connectivity index (χ3n) is 4.57. The van der Waals surface area contributed by atoms with E-state index >= 15 is 0 Å². The number of nitrogens with one attached hydrogen (secondary N) is 3. The molecule has 1 aromatic heterocycles. The van der Waals surface area contributed by atoms with Crippen LogP contribution in [0.3, 0.4) is 0 Å². The van der Waals surface area contributed by atoms with Gasteiger partial charge in [-0.25, -0.2) is 15.0 Å². The summed E-state index contributed by atoms with van der Waals surface area (Å²) < 4.78 is 16.1. The molecule has 0 bridgehead atoms. The summed E-state index contributed by atoms with van der Waals surface area (Å²) in [6.45, 7) is 3.25. The lowest BCUT2D eigenvalue weighted by atomic mass is 9.95. The van der Waals surface area contributed by atoms with Crippen LogP contribution in [0.5, 0.6) is 11.5 Å². The fourth-order valence-corrected chi connectivity index (χ4v) is 3.70. The number of benzene rings is 1. The van der Waals surface area contributed by atoms with E-state index in [1.807, 2.05) is 17.5 Å². The number of amides is 3. The average molecular weight is 473 g/mol. The number of esters is 1. The fraction of sp³-hybridized carbons (Fsp3) is 0.273. The van der Waals surface area contributed by atoms with E-state index in [-0.39, 0.29) is 18.8 Å². The Balaban J connectivity index is 1.72. The molecule has 174 valence electrons. The first-order chi connectivity index (χ1) is 15.9. The fourth-order valence-electron chi connectivity index (χ4n) is 3.11. The van der Waals surface area contributed by atoms with Crippen molar-refractivity contribution in [3.8, 4) is 11.5 Å². The predicted molar refractivity (Wildman–Crippen MR) is 122 cm³/mol. The number of carbonyl (C=O) groups excluding carboxylic acids is 3. The number of methoxy groups -OCH3 is 1. The van der Waals surface area contributed by atoms with Crippen molar-refractivity contribution in [2.75, 3.05) is 20.3 Å². The van der Waals surface area contributed by atoms with Gasteiger partial charge in [-0.1, -0.05) is 12.1 Å². The molecular weight excluding hydrogens is 448 g/mol. The molecule has 1 aromatic carbocycles. The van der Waals surface area contributed by atoms with Crippen molar-refractivity contribution in [1.82, 2.24) is 16.1 Å². The van der Waals surface area contributed by atoms with E-state index in [0.717, 1.165) is 4.88 Å². The smallest absolute Gasteiger partial charge is 0.338 e. The van der Waals surface area contributed by atoms with Crippen LogP contribution in [-0.4, -0.2) is 44.4 Å². The van der Waals surface area contributed by atoms with Crippen LogP contribution in [-0.2, 0) is 14.3 Å². The highest BCUT2D eigenvalue weighted by molar-refractivity contribution is 7.11. The summed E-state index contributed by atoms with van der Waals surface area (Å²) in [5.74, 6) is -0.331. The minimum Gasteiger partial charge on any atom is -0.493 e. The van der Waals surface area contributed by atoms with Gasteiger partial charge >= 0.3 is 12.0 Å². The van der Waals surface area contributed by atoms with Crippen molar-refractivity contribution in [2.24, 2.45) is 5.10 Å². The zero-order valence-electron chi connectivity index (χ0n) is 18.3. The van der Waals surface area contributed by atoms with E-state index in [9.17, 15) is 14.4 Å². The number of hydrazone groups is 1. The lowest BCUT2D eigenvalue weighted by molar-refractivity contribution is -0.139. The van der Waals surface area contributed by atoms with Crippen LogP contribution in [0.2, 0.25) is 0 Å². The monoisotopic (exact) mass is 472 g/mol. The standard InChI is InChI=1S/C22H24N4O6S/c1-4-31-21(28)19-13(2)24-22(29)25-20(19)14-7-8-16(17(10-14)30-3)32-12-18(27)26-23-11-15-6-5-9-33-15/h5-11,20H,4,12H2,1-3H3,(H,26,27)(H2,24,25,29)/b23-11-/t20-/m1/s1. The lowest BCUT2D eigenvalue weighted by Crippen LogP contribution is -2.45. The van der Waals surface area contributed by atoms with Gasteiger partial charge in [0.1, 0.15) is 0 Å². The van der Waals surface area contributed by atoms with E-state index in [4.69, 9.17) is 14.2 Å². The largest absolute Gasteiger partial charge is 0.493 e. The summed E-state index contributed by atoms with van der Waals surface area (Å²) in [7, 11) is 1.45. The van der Waals surface area contributed by atoms with Gasteiger partial charge in [-0.3, -0.25) is 4.79 Å². The Bertz CT molecular complexity index is 1080. The number of hydrogen-bond donors (Lipinski definition) is 3. The van der Waals surface area contributed by atoms with Crippen molar-refractivity contribution < 1.29 is 28.6 Å². The molecule has 1 aliphatic rings. The molecule has 1 aliphatic heterocycles. The first kappa shape index (κ1) is 23.8. The quantitative estimate of drug-likeness (QED) is 0.292. The molecule has 33 heavy (non-hydrogen) atoms. The molecule has 1 atom stereocenters. The van der Waals surface area contributed by atoms with Gasteiger partial charge in [0.05, 0.1) is 31.5 Å². The van der Waals surface area contributed by atoms with Crippen molar-refractivity contribution in [3.63, 3.8) is 0 Å². The van der Waals surface area contributed by atoms with Gasteiger partial charge in [0, 0.05) is 10.6 Å². The minimum atomic E-state index is -0.740. The van der Waals surface area contributed by atoms with E-state index in [0.29, 0.717) is 22.8 Å². The number of rotatable bonds is 9. The van der Waals surface area contributed by atoms with Gasteiger partial charge in [0.25, 0.3) is 5.91 Å². The first-order valence-electron chi connectivity index (χ1n) is 10.0. The van der Waals surface area contributed by atoms with Gasteiger partial charge in [-0.15, -0.1) is 11.3 Å². The van der Waals surface area contributed by atoms with Crippen LogP contribution in [0.15, 0.2) is 52.1 Å². The number of allylic oxidation sites excluding steroid dienone is 1. The van der Waals surface area contributed by atoms with Crippen molar-refractivity contribution in [1.29, 1.82) is 0 Å². The highest BCUT2D eigenvalue weighted by Crippen LogP contribution is 2.34. The molecule has 0 radical (unpaired) electrons. The molecule has 0 aliphatic carbocycles. The molecule has 3 N–H and O–H groups in total. The average Bonchev–Trinajstić information content (AvgIpc) is 3.30. The Morgan fingerprint density at radius 2 is 2.09 bits per heavy atom. The van der Waals surface area contributed by atoms with Crippen molar-refractivity contribution >= 4 is 35.5 Å². The van der Waals surface area contributed by atoms with E-state index in [1.54, 1.807) is 38.3 Å². The Hall–Kier alpha value is -3.86. The molecule has 10 nitrogen and oxygen atoms in total. The molecular formula is C22H24N4O6S. The number of nitrogens with zero attached hydrogens (tertiary/aromatic N) is 1. The zero-order valence-corrected chi connectivity index (χ0v) is 19.2. The molecule has 0 saturated heterocycles. The van der Waals surface area contributed by atoms with Gasteiger partial charge in [-0.2, -0.15) is 5.10 Å². The number of ether oxygens (including phenoxy) is 3. The maximum Gasteiger partial charge on any atom is 0.338 e. The number of carbonyl (C=O) groups is 3. The third-order valence-corrected chi connectivity index (χ3v) is 5.38. The second-order valence-corrected chi connectivity index (χ2v) is 7.78. The lowest BCUT2D eigenvalue weighted by Gasteiger charge is -2.28. The minimum absolute atomic E-state index is 0.200. The molecule has 0 spiro atoms. The van der Waals surface area contributed by atoms with Crippen LogP contribution in [0.1, 0.15) is 30.3 Å². The first-order valence-corrected chi connectivity index (χ1v) is 10.9. The van der Waals surface area contributed by atoms with Crippen LogP contribution in [0.4, 0.5) is 4.79 Å². The summed E-state index contributed by atoms with van der Waals surface area (Å²) in [5, 5.41) is 11.1. The van der Waals surface area contributed by atoms with Crippen LogP contribution >= 0.6 is 11.3 Å². The Morgan fingerprint density at radius 3 is 2.79 bits per heavy atom. The van der Waals surface area contributed by atoms with Gasteiger partial charge in [0.15, 0.2) is 18.1 Å². The Kier molecular flexibility index (Phi) is 8.03. The summed E-state index contributed by atoms with van der Waals surface area (Å²) in [5.41, 5.74) is 3.67. The second-order valence-electron chi connectivity index (χ2n) is 6.80. The Labute approximate surface area is 194 Å². The van der Waals surface area contributed by atoms with Crippen molar-refractivity contribution in [2.45, 2.75) is 19.9 Å². The van der Waals surface area contributed by atoms with Gasteiger partial charge in [0.2, 0.25) is 0 Å². The van der Waals surface area contributed by atoms with Crippen LogP contribution in [0.25, 0.3) is 0 Å². The van der Waals surface area contributed by atoms with Gasteiger partial charge in [-0.05, 0) is 43.0 Å². The maximum atomic E-state index is 12.5. The molecule has 3 rings (SSSR count). The summed E-state index contributed by atoms with van der Waals surface area (Å²) in [6, 6.07) is 7.48. The molecule has 0 saturated carbocycles. The van der Waals surface area contributed by atoms with Crippen LogP contribution in [0, 0.1) is 0 Å². The van der Waals surface area contributed by atoms with Crippen LogP contribution < -0.4 is 25.5 Å². The molecule has 11 heteroatoms. The summed E-state index contributed by atoms with van der Waals surface area (Å²) >= 11 is 1.50. The highest BCUT2D eigenvalue weighted by atomic mass is 32.1. The van der Waals surface area contributed by atoms with E-state index in [1.165, 1.54) is 18.4 Å². The molecule has 3 amide bonds. The van der Waals surface area contributed by atoms with Gasteiger partial charge < -0.3 is 24.8 Å². The molecule has 0 fully saturated rings. The zero-order chi connectivity index (χ0) is 23.8. The SMILES string of the molecule is CCOC(=O)C1=C(C)NC(=O)N[C@@H]1c1ccc(OCC(=O)N/N=C\c2cccs2)c(OC)c1. The number of hydrogen-bond acceptors (Lipinski definition) is 8. The summed E-state index contributed by atoms with van der Waals surface area (Å²) in [4.78, 5) is 37.4. The maximum absolute atomic E-state index is 12.5. The highest BCUT2D eigenvalue weighted by Gasteiger charge is 2.32. The predicted octanol–water partition coefficient (Wildman–Crippen LogP) is 2.48. The summed E-state index contributed by atoms with van der Waals surface area (Å²) in [6.07, 6.45) is 1.54. The topological polar surface area (TPSA) is 127 Å². The second kappa shape index (κ2) is 11.1. The molecule has 0 unspecified atom stereocenters.